The summed E-state index contributed by atoms with van der Waals surface area (Å²) in [6, 6.07) is 101. The second kappa shape index (κ2) is 19.2. The van der Waals surface area contributed by atoms with E-state index in [4.69, 9.17) is 0 Å². The zero-order valence-corrected chi connectivity index (χ0v) is 46.4. The topological polar surface area (TPSA) is 0 Å². The van der Waals surface area contributed by atoms with Crippen molar-refractivity contribution in [2.24, 2.45) is 0 Å². The third kappa shape index (κ3) is 8.46. The highest BCUT2D eigenvalue weighted by Gasteiger charge is 2.22. The van der Waals surface area contributed by atoms with Gasteiger partial charge in [0, 0.05) is 0 Å². The molecular formula is C80H62. The number of hydrogen-bond acceptors (Lipinski definition) is 0. The van der Waals surface area contributed by atoms with E-state index < -0.39 is 0 Å². The van der Waals surface area contributed by atoms with Gasteiger partial charge in [0.05, 0.1) is 0 Å². The van der Waals surface area contributed by atoms with Crippen LogP contribution >= 0.6 is 0 Å². The maximum absolute atomic E-state index is 2.49. The highest BCUT2D eigenvalue weighted by atomic mass is 14.3. The second-order valence-electron chi connectivity index (χ2n) is 24.0. The SMILES string of the molecule is CC(C)(C)c1ccc(-c2cc3c4cc(-c5ccc6c(-c7ccccc7-c7ccccc7)cc7c8ccccc8c(-c8ccccc8-c8ccccc8)cc7c6c5)ccc4c(-c4ccc(C(C)(C)C)cc4)cc3c3ccccc23)cc1. The number of rotatable bonds is 7. The smallest absolute Gasteiger partial charge is 0.00921 e. The van der Waals surface area contributed by atoms with Crippen molar-refractivity contribution in [1.82, 2.24) is 0 Å². The first kappa shape index (κ1) is 49.0. The van der Waals surface area contributed by atoms with Crippen molar-refractivity contribution in [3.05, 3.63) is 278 Å². The first-order valence-electron chi connectivity index (χ1n) is 28.3. The van der Waals surface area contributed by atoms with E-state index in [1.54, 1.807) is 0 Å². The molecule has 0 aliphatic carbocycles. The molecule has 14 rings (SSSR count). The first-order valence-corrected chi connectivity index (χ1v) is 28.3. The molecule has 0 fully saturated rings. The Balaban J connectivity index is 1.06. The summed E-state index contributed by atoms with van der Waals surface area (Å²) in [4.78, 5) is 0. The maximum Gasteiger partial charge on any atom is -0.00921 e. The average molecular weight is 1020 g/mol. The zero-order chi connectivity index (χ0) is 54.3. The van der Waals surface area contributed by atoms with E-state index in [2.05, 4.69) is 308 Å². The molecule has 0 saturated carbocycles. The highest BCUT2D eigenvalue weighted by molar-refractivity contribution is 6.27. The summed E-state index contributed by atoms with van der Waals surface area (Å²) >= 11 is 0. The highest BCUT2D eigenvalue weighted by Crippen LogP contribution is 2.48. The van der Waals surface area contributed by atoms with Crippen molar-refractivity contribution < 1.29 is 0 Å². The van der Waals surface area contributed by atoms with Gasteiger partial charge in [-0.15, -0.1) is 0 Å². The Morgan fingerprint density at radius 2 is 0.425 bits per heavy atom. The summed E-state index contributed by atoms with van der Waals surface area (Å²) in [5.74, 6) is 0. The maximum atomic E-state index is 2.49. The molecule has 0 saturated heterocycles. The van der Waals surface area contributed by atoms with Crippen LogP contribution in [0.2, 0.25) is 0 Å². The van der Waals surface area contributed by atoms with Gasteiger partial charge in [-0.1, -0.05) is 272 Å². The van der Waals surface area contributed by atoms with Crippen molar-refractivity contribution >= 4 is 64.6 Å². The van der Waals surface area contributed by atoms with E-state index in [0.29, 0.717) is 0 Å². The van der Waals surface area contributed by atoms with Gasteiger partial charge >= 0.3 is 0 Å². The Labute approximate surface area is 470 Å². The molecule has 0 heteroatoms. The van der Waals surface area contributed by atoms with E-state index >= 15 is 0 Å². The second-order valence-corrected chi connectivity index (χ2v) is 24.0. The number of hydrogen-bond donors (Lipinski definition) is 0. The minimum atomic E-state index is 0.0507. The normalized spacial score (nSPS) is 12.1. The molecule has 0 unspecified atom stereocenters. The summed E-state index contributed by atoms with van der Waals surface area (Å²) in [5.41, 5.74) is 19.8. The molecular weight excluding hydrogens is 961 g/mol. The fourth-order valence-electron chi connectivity index (χ4n) is 12.8. The Kier molecular flexibility index (Phi) is 11.8. The van der Waals surface area contributed by atoms with Crippen LogP contribution < -0.4 is 0 Å². The minimum Gasteiger partial charge on any atom is -0.0622 e. The van der Waals surface area contributed by atoms with Gasteiger partial charge in [-0.25, -0.2) is 0 Å². The van der Waals surface area contributed by atoms with Crippen LogP contribution in [-0.4, -0.2) is 0 Å². The largest absolute Gasteiger partial charge is 0.0622 e. The molecule has 0 N–H and O–H groups in total. The molecule has 0 bridgehead atoms. The lowest BCUT2D eigenvalue weighted by atomic mass is 9.83. The van der Waals surface area contributed by atoms with Crippen molar-refractivity contribution in [1.29, 1.82) is 0 Å². The van der Waals surface area contributed by atoms with Crippen molar-refractivity contribution in [3.8, 4) is 77.9 Å². The van der Waals surface area contributed by atoms with E-state index in [-0.39, 0.29) is 10.8 Å². The zero-order valence-electron chi connectivity index (χ0n) is 46.4. The molecule has 0 amide bonds. The molecule has 382 valence electrons. The average Bonchev–Trinajstić information content (AvgIpc) is 3.63. The van der Waals surface area contributed by atoms with Gasteiger partial charge in [-0.2, -0.15) is 0 Å². The Hall–Kier alpha value is -9.36. The van der Waals surface area contributed by atoms with Crippen molar-refractivity contribution in [3.63, 3.8) is 0 Å². The van der Waals surface area contributed by atoms with Crippen molar-refractivity contribution in [2.75, 3.05) is 0 Å². The molecule has 0 heterocycles. The molecule has 0 aromatic heterocycles. The minimum absolute atomic E-state index is 0.0507. The van der Waals surface area contributed by atoms with Gasteiger partial charge in [0.25, 0.3) is 0 Å². The Morgan fingerprint density at radius 3 is 0.825 bits per heavy atom. The third-order valence-electron chi connectivity index (χ3n) is 17.0. The quantitative estimate of drug-likeness (QED) is 0.140. The van der Waals surface area contributed by atoms with Gasteiger partial charge in [0.1, 0.15) is 0 Å². The van der Waals surface area contributed by atoms with Gasteiger partial charge < -0.3 is 0 Å². The van der Waals surface area contributed by atoms with E-state index in [0.717, 1.165) is 0 Å². The standard InChI is InChI=1S/C80H62/c1-79(2,3)57-39-33-53(34-40-57)69-48-77-71-45-55(37-43-67(71)70(47-75(77)64-30-18-17-29-63(64)69)54-35-41-58(42-36-54)80(4,5)6)56-38-44-68-72(46-56)78-50-73(61-27-15-13-25-59(61)51-21-9-7-10-22-51)65-31-19-20-32-66(65)76(78)49-74(68)62-28-16-14-26-60(62)52-23-11-8-12-24-52/h7-50H,1-6H3. The van der Waals surface area contributed by atoms with E-state index in [1.165, 1.54) is 154 Å². The molecule has 80 heavy (non-hydrogen) atoms. The van der Waals surface area contributed by atoms with Gasteiger partial charge in [-0.05, 0) is 201 Å². The lowest BCUT2D eigenvalue weighted by molar-refractivity contribution is 0.590. The number of benzene rings is 14. The first-order chi connectivity index (χ1) is 38.9. The summed E-state index contributed by atoms with van der Waals surface area (Å²) < 4.78 is 0. The molecule has 0 radical (unpaired) electrons. The molecule has 14 aromatic rings. The predicted octanol–water partition coefficient (Wildman–Crippen LogP) is 22.9. The van der Waals surface area contributed by atoms with Crippen LogP contribution in [0.3, 0.4) is 0 Å². The Bertz CT molecular complexity index is 4720. The summed E-state index contributed by atoms with van der Waals surface area (Å²) in [5, 5.41) is 14.9. The molecule has 14 aromatic carbocycles. The molecule has 0 nitrogen and oxygen atoms in total. The summed E-state index contributed by atoms with van der Waals surface area (Å²) in [7, 11) is 0. The van der Waals surface area contributed by atoms with Gasteiger partial charge in [-0.3, -0.25) is 0 Å². The lowest BCUT2D eigenvalue weighted by Crippen LogP contribution is -2.10. The van der Waals surface area contributed by atoms with Crippen LogP contribution in [-0.2, 0) is 10.8 Å². The van der Waals surface area contributed by atoms with Gasteiger partial charge in [0.15, 0.2) is 0 Å². The van der Waals surface area contributed by atoms with Crippen LogP contribution in [0.5, 0.6) is 0 Å². The van der Waals surface area contributed by atoms with Crippen LogP contribution in [0, 0.1) is 0 Å². The molecule has 0 atom stereocenters. The van der Waals surface area contributed by atoms with Crippen molar-refractivity contribution in [2.45, 2.75) is 52.4 Å². The van der Waals surface area contributed by atoms with Crippen LogP contribution in [0.1, 0.15) is 52.7 Å². The van der Waals surface area contributed by atoms with E-state index in [1.807, 2.05) is 0 Å². The summed E-state index contributed by atoms with van der Waals surface area (Å²) in [6.45, 7) is 13.8. The van der Waals surface area contributed by atoms with Crippen LogP contribution in [0.25, 0.3) is 143 Å². The number of fused-ring (bicyclic) bond motifs is 10. The van der Waals surface area contributed by atoms with Crippen LogP contribution in [0.15, 0.2) is 267 Å². The monoisotopic (exact) mass is 1020 g/mol. The predicted molar refractivity (Wildman–Crippen MR) is 347 cm³/mol. The molecule has 0 aliphatic rings. The lowest BCUT2D eigenvalue weighted by Gasteiger charge is -2.21. The fraction of sp³-hybridized carbons (Fsp3) is 0.100. The fourth-order valence-corrected chi connectivity index (χ4v) is 12.8. The Morgan fingerprint density at radius 1 is 0.163 bits per heavy atom. The third-order valence-corrected chi connectivity index (χ3v) is 17.0. The van der Waals surface area contributed by atoms with Crippen LogP contribution in [0.4, 0.5) is 0 Å². The van der Waals surface area contributed by atoms with Gasteiger partial charge in [0.2, 0.25) is 0 Å². The van der Waals surface area contributed by atoms with E-state index in [9.17, 15) is 0 Å². The molecule has 0 aliphatic heterocycles. The summed E-state index contributed by atoms with van der Waals surface area (Å²) in [6.07, 6.45) is 0. The molecule has 0 spiro atoms.